The SMILES string of the molecule is C[C@H]1CCCN(C(=O)c2ccc(NS(=O)(=O)c3ccccc3)cc2Cl)C1. The fourth-order valence-electron chi connectivity index (χ4n) is 3.11. The molecule has 1 N–H and O–H groups in total. The van der Waals surface area contributed by atoms with Crippen LogP contribution in [0.4, 0.5) is 5.69 Å². The summed E-state index contributed by atoms with van der Waals surface area (Å²) in [6, 6.07) is 12.7. The molecule has 1 fully saturated rings. The van der Waals surface area contributed by atoms with Crippen molar-refractivity contribution in [3.8, 4) is 0 Å². The second-order valence-electron chi connectivity index (χ2n) is 6.61. The molecular formula is C19H21ClN2O3S. The molecule has 0 aromatic heterocycles. The van der Waals surface area contributed by atoms with E-state index in [9.17, 15) is 13.2 Å². The Bertz CT molecular complexity index is 900. The molecule has 1 saturated heterocycles. The number of likely N-dealkylation sites (tertiary alicyclic amines) is 1. The van der Waals surface area contributed by atoms with Crippen molar-refractivity contribution in [1.29, 1.82) is 0 Å². The van der Waals surface area contributed by atoms with Crippen molar-refractivity contribution in [2.75, 3.05) is 17.8 Å². The van der Waals surface area contributed by atoms with Gasteiger partial charge >= 0.3 is 0 Å². The van der Waals surface area contributed by atoms with Crippen molar-refractivity contribution < 1.29 is 13.2 Å². The molecule has 2 aromatic carbocycles. The monoisotopic (exact) mass is 392 g/mol. The summed E-state index contributed by atoms with van der Waals surface area (Å²) in [6.07, 6.45) is 2.11. The number of nitrogens with one attached hydrogen (secondary N) is 1. The van der Waals surface area contributed by atoms with E-state index in [0.717, 1.165) is 25.9 Å². The number of benzene rings is 2. The van der Waals surface area contributed by atoms with Gasteiger partial charge in [0.1, 0.15) is 0 Å². The number of anilines is 1. The first-order valence-corrected chi connectivity index (χ1v) is 10.4. The number of carbonyl (C=O) groups is 1. The van der Waals surface area contributed by atoms with Gasteiger partial charge in [-0.2, -0.15) is 0 Å². The van der Waals surface area contributed by atoms with E-state index in [4.69, 9.17) is 11.6 Å². The standard InChI is InChI=1S/C19H21ClN2O3S/c1-14-6-5-11-22(13-14)19(23)17-10-9-15(12-18(17)20)21-26(24,25)16-7-3-2-4-8-16/h2-4,7-10,12,14,21H,5-6,11,13H2,1H3/t14-/m0/s1. The lowest BCUT2D eigenvalue weighted by atomic mass is 9.99. The number of piperidine rings is 1. The van der Waals surface area contributed by atoms with Crippen LogP contribution in [0.15, 0.2) is 53.4 Å². The van der Waals surface area contributed by atoms with E-state index < -0.39 is 10.0 Å². The minimum atomic E-state index is -3.69. The smallest absolute Gasteiger partial charge is 0.261 e. The van der Waals surface area contributed by atoms with Crippen LogP contribution in [0.5, 0.6) is 0 Å². The molecule has 0 radical (unpaired) electrons. The summed E-state index contributed by atoms with van der Waals surface area (Å²) in [5.41, 5.74) is 0.714. The number of nitrogens with zero attached hydrogens (tertiary/aromatic N) is 1. The zero-order valence-electron chi connectivity index (χ0n) is 14.5. The number of carbonyl (C=O) groups excluding carboxylic acids is 1. The molecule has 26 heavy (non-hydrogen) atoms. The first-order valence-electron chi connectivity index (χ1n) is 8.53. The average molecular weight is 393 g/mol. The number of hydrogen-bond acceptors (Lipinski definition) is 3. The molecule has 1 aliphatic heterocycles. The summed E-state index contributed by atoms with van der Waals surface area (Å²) in [4.78, 5) is 14.7. The Morgan fingerprint density at radius 3 is 2.58 bits per heavy atom. The summed E-state index contributed by atoms with van der Waals surface area (Å²) >= 11 is 6.27. The predicted octanol–water partition coefficient (Wildman–Crippen LogP) is 4.01. The van der Waals surface area contributed by atoms with Crippen LogP contribution in [0.3, 0.4) is 0 Å². The Morgan fingerprint density at radius 1 is 1.19 bits per heavy atom. The van der Waals surface area contributed by atoms with Gasteiger partial charge in [0.2, 0.25) is 0 Å². The van der Waals surface area contributed by atoms with Crippen LogP contribution in [0.2, 0.25) is 5.02 Å². The van der Waals surface area contributed by atoms with E-state index in [1.807, 2.05) is 4.90 Å². The maximum Gasteiger partial charge on any atom is 0.261 e. The first-order chi connectivity index (χ1) is 12.4. The van der Waals surface area contributed by atoms with Crippen molar-refractivity contribution in [2.24, 2.45) is 5.92 Å². The number of halogens is 1. The van der Waals surface area contributed by atoms with E-state index in [1.54, 1.807) is 30.3 Å². The van der Waals surface area contributed by atoms with Crippen LogP contribution in [0, 0.1) is 5.92 Å². The third-order valence-corrected chi connectivity index (χ3v) is 6.16. The molecule has 1 atom stereocenters. The van der Waals surface area contributed by atoms with E-state index >= 15 is 0 Å². The molecule has 3 rings (SSSR count). The second kappa shape index (κ2) is 7.68. The van der Waals surface area contributed by atoms with Crippen LogP contribution in [0.1, 0.15) is 30.1 Å². The van der Waals surface area contributed by atoms with Crippen LogP contribution < -0.4 is 4.72 Å². The van der Waals surface area contributed by atoms with E-state index in [2.05, 4.69) is 11.6 Å². The number of rotatable bonds is 4. The van der Waals surface area contributed by atoms with Gasteiger partial charge in [0.05, 0.1) is 21.2 Å². The molecule has 0 saturated carbocycles. The minimum Gasteiger partial charge on any atom is -0.338 e. The van der Waals surface area contributed by atoms with Gasteiger partial charge in [-0.25, -0.2) is 8.42 Å². The Labute approximate surface area is 159 Å². The molecule has 1 aliphatic rings. The van der Waals surface area contributed by atoms with Crippen LogP contribution in [-0.4, -0.2) is 32.3 Å². The van der Waals surface area contributed by atoms with Gasteiger partial charge in [0.15, 0.2) is 0 Å². The number of amides is 1. The molecule has 0 aliphatic carbocycles. The highest BCUT2D eigenvalue weighted by atomic mass is 35.5. The molecule has 0 bridgehead atoms. The van der Waals surface area contributed by atoms with Gasteiger partial charge in [-0.1, -0.05) is 36.7 Å². The number of sulfonamides is 1. The normalized spacial score (nSPS) is 17.8. The van der Waals surface area contributed by atoms with Gasteiger partial charge in [0.25, 0.3) is 15.9 Å². The highest BCUT2D eigenvalue weighted by Crippen LogP contribution is 2.26. The van der Waals surface area contributed by atoms with Gasteiger partial charge < -0.3 is 4.90 Å². The van der Waals surface area contributed by atoms with E-state index in [-0.39, 0.29) is 15.8 Å². The third kappa shape index (κ3) is 4.19. The highest BCUT2D eigenvalue weighted by molar-refractivity contribution is 7.92. The lowest BCUT2D eigenvalue weighted by molar-refractivity contribution is 0.0683. The molecule has 7 heteroatoms. The Balaban J connectivity index is 1.78. The zero-order valence-corrected chi connectivity index (χ0v) is 16.1. The maximum absolute atomic E-state index is 12.7. The second-order valence-corrected chi connectivity index (χ2v) is 8.70. The molecule has 1 heterocycles. The highest BCUT2D eigenvalue weighted by Gasteiger charge is 2.24. The molecule has 1 amide bonds. The molecular weight excluding hydrogens is 372 g/mol. The molecule has 0 spiro atoms. The van der Waals surface area contributed by atoms with E-state index in [0.29, 0.717) is 17.2 Å². The quantitative estimate of drug-likeness (QED) is 0.854. The molecule has 0 unspecified atom stereocenters. The minimum absolute atomic E-state index is 0.112. The van der Waals surface area contributed by atoms with Crippen LogP contribution in [-0.2, 0) is 10.0 Å². The lowest BCUT2D eigenvalue weighted by Crippen LogP contribution is -2.39. The van der Waals surface area contributed by atoms with Crippen molar-refractivity contribution in [3.63, 3.8) is 0 Å². The van der Waals surface area contributed by atoms with Gasteiger partial charge in [0, 0.05) is 13.1 Å². The molecule has 138 valence electrons. The fourth-order valence-corrected chi connectivity index (χ4v) is 4.44. The summed E-state index contributed by atoms with van der Waals surface area (Å²) in [6.45, 7) is 3.57. The fraction of sp³-hybridized carbons (Fsp3) is 0.316. The van der Waals surface area contributed by atoms with Crippen molar-refractivity contribution in [1.82, 2.24) is 4.90 Å². The van der Waals surface area contributed by atoms with Crippen molar-refractivity contribution >= 4 is 33.2 Å². The summed E-state index contributed by atoms with van der Waals surface area (Å²) in [5, 5.41) is 0.237. The Hall–Kier alpha value is -2.05. The van der Waals surface area contributed by atoms with Gasteiger partial charge in [-0.3, -0.25) is 9.52 Å². The summed E-state index contributed by atoms with van der Waals surface area (Å²) in [5.74, 6) is 0.363. The molecule has 5 nitrogen and oxygen atoms in total. The Morgan fingerprint density at radius 2 is 1.92 bits per heavy atom. The average Bonchev–Trinajstić information content (AvgIpc) is 2.62. The van der Waals surface area contributed by atoms with E-state index in [1.165, 1.54) is 18.2 Å². The maximum atomic E-state index is 12.7. The van der Waals surface area contributed by atoms with Crippen molar-refractivity contribution in [3.05, 3.63) is 59.1 Å². The summed E-state index contributed by atoms with van der Waals surface area (Å²) < 4.78 is 27.3. The topological polar surface area (TPSA) is 66.5 Å². The lowest BCUT2D eigenvalue weighted by Gasteiger charge is -2.31. The predicted molar refractivity (Wildman–Crippen MR) is 103 cm³/mol. The van der Waals surface area contributed by atoms with Gasteiger partial charge in [-0.15, -0.1) is 0 Å². The van der Waals surface area contributed by atoms with Crippen LogP contribution in [0.25, 0.3) is 0 Å². The van der Waals surface area contributed by atoms with Gasteiger partial charge in [-0.05, 0) is 49.1 Å². The first kappa shape index (κ1) is 18.7. The van der Waals surface area contributed by atoms with Crippen molar-refractivity contribution in [2.45, 2.75) is 24.7 Å². The summed E-state index contributed by atoms with van der Waals surface area (Å²) in [7, 11) is -3.69. The zero-order chi connectivity index (χ0) is 18.7. The van der Waals surface area contributed by atoms with Crippen LogP contribution >= 0.6 is 11.6 Å². The molecule has 2 aromatic rings. The Kier molecular flexibility index (Phi) is 5.53. The largest absolute Gasteiger partial charge is 0.338 e. The third-order valence-electron chi connectivity index (χ3n) is 4.45. The number of hydrogen-bond donors (Lipinski definition) is 1.